The van der Waals surface area contributed by atoms with E-state index >= 15 is 0 Å². The number of para-hydroxylation sites is 1. The van der Waals surface area contributed by atoms with Crippen molar-refractivity contribution < 1.29 is 19.6 Å². The molecule has 1 atom stereocenters. The van der Waals surface area contributed by atoms with E-state index in [1.165, 1.54) is 38.3 Å². The maximum absolute atomic E-state index is 12.3. The number of ether oxygens (including phenoxy) is 1. The summed E-state index contributed by atoms with van der Waals surface area (Å²) in [5, 5.41) is 21.0. The number of rotatable bonds is 8. The van der Waals surface area contributed by atoms with Crippen LogP contribution in [-0.4, -0.2) is 40.5 Å². The predicted octanol–water partition coefficient (Wildman–Crippen LogP) is 3.60. The molecular weight excluding hydrogens is 336 g/mol. The van der Waals surface area contributed by atoms with Crippen LogP contribution >= 0.6 is 0 Å². The molecule has 1 aromatic rings. The maximum atomic E-state index is 12.3. The number of carbonyl (C=O) groups excluding carboxylic acids is 1. The van der Waals surface area contributed by atoms with Gasteiger partial charge in [-0.2, -0.15) is 0 Å². The van der Waals surface area contributed by atoms with Crippen molar-refractivity contribution in [3.63, 3.8) is 0 Å². The second kappa shape index (κ2) is 9.52. The molecule has 0 spiro atoms. The largest absolute Gasteiger partial charge is 0.487 e. The molecule has 26 heavy (non-hydrogen) atoms. The molecule has 1 saturated carbocycles. The van der Waals surface area contributed by atoms with Crippen molar-refractivity contribution in [3.05, 3.63) is 33.9 Å². The molecule has 1 aliphatic carbocycles. The van der Waals surface area contributed by atoms with Crippen molar-refractivity contribution in [2.45, 2.75) is 64.0 Å². The van der Waals surface area contributed by atoms with Crippen LogP contribution in [0, 0.1) is 10.1 Å². The lowest BCUT2D eigenvalue weighted by Crippen LogP contribution is -2.38. The number of benzene rings is 1. The average Bonchev–Trinajstić information content (AvgIpc) is 2.64. The van der Waals surface area contributed by atoms with Gasteiger partial charge in [-0.1, -0.05) is 25.3 Å². The van der Waals surface area contributed by atoms with Gasteiger partial charge in [-0.15, -0.1) is 0 Å². The molecule has 1 unspecified atom stereocenters. The Balaban J connectivity index is 1.87. The molecule has 1 aliphatic rings. The Kier molecular flexibility index (Phi) is 7.38. The summed E-state index contributed by atoms with van der Waals surface area (Å²) in [6.07, 6.45) is 5.63. The molecule has 7 nitrogen and oxygen atoms in total. The molecule has 0 heterocycles. The molecular formula is C19H28N2O5. The van der Waals surface area contributed by atoms with Crippen LogP contribution in [-0.2, 0) is 4.79 Å². The summed E-state index contributed by atoms with van der Waals surface area (Å²) in [5.41, 5.74) is 0.00811. The highest BCUT2D eigenvalue weighted by Gasteiger charge is 2.24. The van der Waals surface area contributed by atoms with Crippen molar-refractivity contribution >= 4 is 11.6 Å². The lowest BCUT2D eigenvalue weighted by Gasteiger charge is -2.31. The molecule has 1 amide bonds. The highest BCUT2D eigenvalue weighted by atomic mass is 16.6. The van der Waals surface area contributed by atoms with Crippen molar-refractivity contribution in [2.24, 2.45) is 0 Å². The van der Waals surface area contributed by atoms with Gasteiger partial charge in [0.05, 0.1) is 23.2 Å². The van der Waals surface area contributed by atoms with Gasteiger partial charge in [-0.05, 0) is 38.3 Å². The zero-order chi connectivity index (χ0) is 19.1. The molecule has 0 saturated heterocycles. The van der Waals surface area contributed by atoms with Crippen LogP contribution in [0.2, 0.25) is 0 Å². The molecule has 1 N–H and O–H groups in total. The Bertz CT molecular complexity index is 626. The fourth-order valence-corrected chi connectivity index (χ4v) is 3.44. The molecule has 0 radical (unpaired) electrons. The van der Waals surface area contributed by atoms with Crippen LogP contribution in [0.15, 0.2) is 18.2 Å². The van der Waals surface area contributed by atoms with E-state index in [1.807, 2.05) is 11.9 Å². The van der Waals surface area contributed by atoms with Crippen molar-refractivity contribution in [3.8, 4) is 5.75 Å². The third kappa shape index (κ3) is 5.17. The van der Waals surface area contributed by atoms with E-state index in [2.05, 4.69) is 0 Å². The summed E-state index contributed by atoms with van der Waals surface area (Å²) in [7, 11) is 1.86. The first-order valence-corrected chi connectivity index (χ1v) is 9.25. The van der Waals surface area contributed by atoms with Crippen molar-refractivity contribution in [2.75, 3.05) is 13.7 Å². The smallest absolute Gasteiger partial charge is 0.316 e. The van der Waals surface area contributed by atoms with E-state index in [0.29, 0.717) is 18.9 Å². The lowest BCUT2D eigenvalue weighted by molar-refractivity contribution is -0.387. The Morgan fingerprint density at radius 3 is 2.69 bits per heavy atom. The van der Waals surface area contributed by atoms with E-state index < -0.39 is 11.0 Å². The highest BCUT2D eigenvalue weighted by Crippen LogP contribution is 2.34. The molecule has 0 bridgehead atoms. The van der Waals surface area contributed by atoms with Crippen LogP contribution in [0.5, 0.6) is 5.75 Å². The Labute approximate surface area is 154 Å². The Morgan fingerprint density at radius 2 is 2.08 bits per heavy atom. The number of amides is 1. The molecule has 0 aliphatic heterocycles. The SMILES string of the molecule is CC(O)c1cccc(OCCCC(=O)N(C)C2CCCCC2)c1[N+](=O)[O-]. The number of nitro groups is 1. The minimum Gasteiger partial charge on any atom is -0.487 e. The predicted molar refractivity (Wildman–Crippen MR) is 98.1 cm³/mol. The van der Waals surface area contributed by atoms with Gasteiger partial charge in [0.1, 0.15) is 0 Å². The fourth-order valence-electron chi connectivity index (χ4n) is 3.44. The summed E-state index contributed by atoms with van der Waals surface area (Å²) in [6, 6.07) is 4.98. The van der Waals surface area contributed by atoms with E-state index in [-0.39, 0.29) is 29.5 Å². The van der Waals surface area contributed by atoms with Crippen LogP contribution in [0.3, 0.4) is 0 Å². The zero-order valence-electron chi connectivity index (χ0n) is 15.5. The molecule has 7 heteroatoms. The number of nitrogens with zero attached hydrogens (tertiary/aromatic N) is 2. The second-order valence-corrected chi connectivity index (χ2v) is 6.88. The summed E-state index contributed by atoms with van der Waals surface area (Å²) in [4.78, 5) is 24.9. The second-order valence-electron chi connectivity index (χ2n) is 6.88. The van der Waals surface area contributed by atoms with E-state index in [4.69, 9.17) is 4.74 Å². The molecule has 0 aromatic heterocycles. The molecule has 1 aromatic carbocycles. The lowest BCUT2D eigenvalue weighted by atomic mass is 9.94. The Hall–Kier alpha value is -2.15. The minimum atomic E-state index is -0.954. The number of hydrogen-bond acceptors (Lipinski definition) is 5. The van der Waals surface area contributed by atoms with E-state index in [0.717, 1.165) is 12.8 Å². The fraction of sp³-hybridized carbons (Fsp3) is 0.632. The van der Waals surface area contributed by atoms with Crippen molar-refractivity contribution in [1.29, 1.82) is 0 Å². The molecule has 1 fully saturated rings. The topological polar surface area (TPSA) is 92.9 Å². The first kappa shape index (κ1) is 20.2. The zero-order valence-corrected chi connectivity index (χ0v) is 15.5. The maximum Gasteiger partial charge on any atom is 0.316 e. The van der Waals surface area contributed by atoms with Crippen LogP contribution in [0.4, 0.5) is 5.69 Å². The first-order chi connectivity index (χ1) is 12.4. The monoisotopic (exact) mass is 364 g/mol. The normalized spacial score (nSPS) is 16.1. The average molecular weight is 364 g/mol. The van der Waals surface area contributed by atoms with E-state index in [1.54, 1.807) is 6.07 Å². The summed E-state index contributed by atoms with van der Waals surface area (Å²) < 4.78 is 5.54. The summed E-state index contributed by atoms with van der Waals surface area (Å²) in [5.74, 6) is 0.217. The number of aliphatic hydroxyl groups is 1. The number of carbonyl (C=O) groups is 1. The van der Waals surface area contributed by atoms with Gasteiger partial charge < -0.3 is 14.7 Å². The molecule has 144 valence electrons. The van der Waals surface area contributed by atoms with Gasteiger partial charge >= 0.3 is 5.69 Å². The van der Waals surface area contributed by atoms with Crippen LogP contribution < -0.4 is 4.74 Å². The summed E-state index contributed by atoms with van der Waals surface area (Å²) >= 11 is 0. The third-order valence-corrected chi connectivity index (χ3v) is 4.97. The van der Waals surface area contributed by atoms with Crippen LogP contribution in [0.1, 0.15) is 63.5 Å². The number of nitro benzene ring substituents is 1. The van der Waals surface area contributed by atoms with Gasteiger partial charge in [-0.3, -0.25) is 14.9 Å². The molecule has 2 rings (SSSR count). The first-order valence-electron chi connectivity index (χ1n) is 9.25. The highest BCUT2D eigenvalue weighted by molar-refractivity contribution is 5.76. The van der Waals surface area contributed by atoms with Crippen LogP contribution in [0.25, 0.3) is 0 Å². The number of aliphatic hydroxyl groups excluding tert-OH is 1. The van der Waals surface area contributed by atoms with Gasteiger partial charge in [-0.25, -0.2) is 0 Å². The van der Waals surface area contributed by atoms with Gasteiger partial charge in [0.15, 0.2) is 5.75 Å². The summed E-state index contributed by atoms with van der Waals surface area (Å²) in [6.45, 7) is 1.69. The standard InChI is InChI=1S/C19H28N2O5/c1-14(22)16-10-6-11-17(19(16)21(24)25)26-13-7-12-18(23)20(2)15-8-4-3-5-9-15/h6,10-11,14-15,22H,3-5,7-9,12-13H2,1-2H3. The Morgan fingerprint density at radius 1 is 1.38 bits per heavy atom. The van der Waals surface area contributed by atoms with Gasteiger partial charge in [0.25, 0.3) is 0 Å². The van der Waals surface area contributed by atoms with E-state index in [9.17, 15) is 20.0 Å². The minimum absolute atomic E-state index is 0.0905. The van der Waals surface area contributed by atoms with Gasteiger partial charge in [0.2, 0.25) is 5.91 Å². The van der Waals surface area contributed by atoms with Gasteiger partial charge in [0, 0.05) is 19.5 Å². The number of hydrogen-bond donors (Lipinski definition) is 1. The quantitative estimate of drug-likeness (QED) is 0.432. The van der Waals surface area contributed by atoms with Crippen molar-refractivity contribution in [1.82, 2.24) is 4.90 Å². The third-order valence-electron chi connectivity index (χ3n) is 4.97.